The molecule has 0 fully saturated rings. The van der Waals surface area contributed by atoms with E-state index < -0.39 is 0 Å². The third-order valence-electron chi connectivity index (χ3n) is 0.675. The monoisotopic (exact) mass is 113 g/mol. The van der Waals surface area contributed by atoms with Crippen molar-refractivity contribution in [1.29, 1.82) is 0 Å². The Balaban J connectivity index is 3.70. The Kier molecular flexibility index (Phi) is 2.96. The third-order valence-corrected chi connectivity index (χ3v) is 0.675. The first-order valence-electron chi connectivity index (χ1n) is 2.42. The van der Waals surface area contributed by atoms with Gasteiger partial charge in [-0.25, -0.2) is 0 Å². The molecule has 0 aliphatic heterocycles. The van der Waals surface area contributed by atoms with Gasteiger partial charge in [-0.1, -0.05) is 6.58 Å². The lowest BCUT2D eigenvalue weighted by Crippen LogP contribution is -1.99. The first kappa shape index (κ1) is 7.24. The molecular formula is C6H11NO. The van der Waals surface area contributed by atoms with Crippen LogP contribution in [-0.2, 0) is 0 Å². The van der Waals surface area contributed by atoms with Gasteiger partial charge in [0.1, 0.15) is 0 Å². The summed E-state index contributed by atoms with van der Waals surface area (Å²) in [5.41, 5.74) is 5.91. The molecule has 0 aromatic heterocycles. The van der Waals surface area contributed by atoms with E-state index in [1.54, 1.807) is 13.0 Å². The smallest absolute Gasteiger partial charge is 0.0894 e. The molecule has 0 aromatic rings. The number of nitrogens with two attached hydrogens (primary N) is 1. The molecule has 0 rings (SSSR count). The standard InChI is InChI=1S/C6H11NO/c1-5(4-7)3-6(2)8/h3,8H,1,4,7H2,2H3/b6-3+. The Hall–Kier alpha value is -0.760. The van der Waals surface area contributed by atoms with Gasteiger partial charge in [0.2, 0.25) is 0 Å². The van der Waals surface area contributed by atoms with Crippen molar-refractivity contribution in [1.82, 2.24) is 0 Å². The van der Waals surface area contributed by atoms with Gasteiger partial charge in [-0.15, -0.1) is 0 Å². The quantitative estimate of drug-likeness (QED) is 0.414. The van der Waals surface area contributed by atoms with E-state index in [-0.39, 0.29) is 5.76 Å². The zero-order chi connectivity index (χ0) is 6.57. The minimum atomic E-state index is 0.250. The molecule has 0 saturated heterocycles. The number of hydrogen-bond acceptors (Lipinski definition) is 2. The summed E-state index contributed by atoms with van der Waals surface area (Å²) < 4.78 is 0. The number of hydrogen-bond donors (Lipinski definition) is 2. The molecule has 0 atom stereocenters. The Morgan fingerprint density at radius 1 is 1.88 bits per heavy atom. The maximum Gasteiger partial charge on any atom is 0.0894 e. The average molecular weight is 113 g/mol. The third kappa shape index (κ3) is 3.43. The first-order valence-corrected chi connectivity index (χ1v) is 2.42. The van der Waals surface area contributed by atoms with Crippen LogP contribution in [-0.4, -0.2) is 11.7 Å². The highest BCUT2D eigenvalue weighted by molar-refractivity contribution is 5.16. The van der Waals surface area contributed by atoms with Crippen LogP contribution in [0.25, 0.3) is 0 Å². The minimum Gasteiger partial charge on any atom is -0.513 e. The molecule has 0 bridgehead atoms. The van der Waals surface area contributed by atoms with Gasteiger partial charge in [0.15, 0.2) is 0 Å². The summed E-state index contributed by atoms with van der Waals surface area (Å²) in [6, 6.07) is 0. The first-order chi connectivity index (χ1) is 3.66. The van der Waals surface area contributed by atoms with Crippen LogP contribution < -0.4 is 5.73 Å². The van der Waals surface area contributed by atoms with Gasteiger partial charge in [-0.2, -0.15) is 0 Å². The van der Waals surface area contributed by atoms with Crippen molar-refractivity contribution < 1.29 is 5.11 Å². The topological polar surface area (TPSA) is 46.2 Å². The fraction of sp³-hybridized carbons (Fsp3) is 0.333. The van der Waals surface area contributed by atoms with Crippen LogP contribution in [0.15, 0.2) is 24.0 Å². The predicted octanol–water partition coefficient (Wildman–Crippen LogP) is 0.963. The van der Waals surface area contributed by atoms with Gasteiger partial charge in [0.05, 0.1) is 5.76 Å². The molecule has 0 aromatic carbocycles. The highest BCUT2D eigenvalue weighted by Crippen LogP contribution is 1.92. The zero-order valence-electron chi connectivity index (χ0n) is 5.02. The number of rotatable bonds is 2. The van der Waals surface area contributed by atoms with Crippen molar-refractivity contribution in [2.45, 2.75) is 6.92 Å². The maximum absolute atomic E-state index is 8.60. The van der Waals surface area contributed by atoms with Gasteiger partial charge in [0.25, 0.3) is 0 Å². The van der Waals surface area contributed by atoms with Crippen molar-refractivity contribution in [3.05, 3.63) is 24.0 Å². The molecule has 46 valence electrons. The fourth-order valence-electron chi connectivity index (χ4n) is 0.354. The molecular weight excluding hydrogens is 102 g/mol. The summed E-state index contributed by atoms with van der Waals surface area (Å²) >= 11 is 0. The largest absolute Gasteiger partial charge is 0.513 e. The lowest BCUT2D eigenvalue weighted by atomic mass is 10.3. The fourth-order valence-corrected chi connectivity index (χ4v) is 0.354. The van der Waals surface area contributed by atoms with E-state index in [0.717, 1.165) is 5.57 Å². The molecule has 0 unspecified atom stereocenters. The van der Waals surface area contributed by atoms with Crippen molar-refractivity contribution in [2.75, 3.05) is 6.54 Å². The van der Waals surface area contributed by atoms with Crippen LogP contribution in [0.5, 0.6) is 0 Å². The average Bonchev–Trinajstić information content (AvgIpc) is 1.65. The Morgan fingerprint density at radius 2 is 2.38 bits per heavy atom. The Labute approximate surface area is 49.3 Å². The van der Waals surface area contributed by atoms with E-state index in [0.29, 0.717) is 6.54 Å². The lowest BCUT2D eigenvalue weighted by molar-refractivity contribution is 0.414. The molecule has 8 heavy (non-hydrogen) atoms. The van der Waals surface area contributed by atoms with Crippen LogP contribution in [0.2, 0.25) is 0 Å². The van der Waals surface area contributed by atoms with Crippen molar-refractivity contribution >= 4 is 0 Å². The van der Waals surface area contributed by atoms with Crippen molar-refractivity contribution in [3.8, 4) is 0 Å². The summed E-state index contributed by atoms with van der Waals surface area (Å²) in [5.74, 6) is 0.250. The van der Waals surface area contributed by atoms with E-state index in [1.165, 1.54) is 0 Å². The van der Waals surface area contributed by atoms with Gasteiger partial charge in [0, 0.05) is 6.54 Å². The van der Waals surface area contributed by atoms with E-state index in [2.05, 4.69) is 6.58 Å². The SMILES string of the molecule is C=C(/C=C(\C)O)CN. The molecule has 0 amide bonds. The Morgan fingerprint density at radius 3 is 2.50 bits per heavy atom. The van der Waals surface area contributed by atoms with Gasteiger partial charge in [-0.3, -0.25) is 0 Å². The normalized spacial score (nSPS) is 11.5. The molecule has 0 heterocycles. The van der Waals surface area contributed by atoms with Gasteiger partial charge in [-0.05, 0) is 18.6 Å². The van der Waals surface area contributed by atoms with E-state index in [4.69, 9.17) is 10.8 Å². The van der Waals surface area contributed by atoms with Crippen molar-refractivity contribution in [2.24, 2.45) is 5.73 Å². The summed E-state index contributed by atoms with van der Waals surface area (Å²) in [5, 5.41) is 8.60. The second kappa shape index (κ2) is 3.27. The lowest BCUT2D eigenvalue weighted by Gasteiger charge is -1.91. The molecule has 2 nitrogen and oxygen atoms in total. The Bertz CT molecular complexity index is 112. The number of aliphatic hydroxyl groups excluding tert-OH is 1. The highest BCUT2D eigenvalue weighted by atomic mass is 16.3. The van der Waals surface area contributed by atoms with Gasteiger partial charge >= 0.3 is 0 Å². The van der Waals surface area contributed by atoms with Crippen LogP contribution in [0.3, 0.4) is 0 Å². The molecule has 0 radical (unpaired) electrons. The predicted molar refractivity (Wildman–Crippen MR) is 34.6 cm³/mol. The van der Waals surface area contributed by atoms with Crippen molar-refractivity contribution in [3.63, 3.8) is 0 Å². The van der Waals surface area contributed by atoms with E-state index in [9.17, 15) is 0 Å². The number of allylic oxidation sites excluding steroid dienone is 1. The van der Waals surface area contributed by atoms with Crippen LogP contribution in [0.1, 0.15) is 6.92 Å². The molecule has 0 spiro atoms. The van der Waals surface area contributed by atoms with E-state index >= 15 is 0 Å². The summed E-state index contributed by atoms with van der Waals surface area (Å²) in [7, 11) is 0. The van der Waals surface area contributed by atoms with Crippen LogP contribution >= 0.6 is 0 Å². The second-order valence-corrected chi connectivity index (χ2v) is 1.65. The van der Waals surface area contributed by atoms with Crippen LogP contribution in [0.4, 0.5) is 0 Å². The molecule has 2 heteroatoms. The molecule has 0 aliphatic carbocycles. The molecule has 0 aliphatic rings. The highest BCUT2D eigenvalue weighted by Gasteiger charge is 1.82. The van der Waals surface area contributed by atoms with E-state index in [1.807, 2.05) is 0 Å². The number of aliphatic hydroxyl groups is 1. The molecule has 0 saturated carbocycles. The molecule has 3 N–H and O–H groups in total. The summed E-state index contributed by atoms with van der Waals surface area (Å²) in [4.78, 5) is 0. The second-order valence-electron chi connectivity index (χ2n) is 1.65. The summed E-state index contributed by atoms with van der Waals surface area (Å²) in [6.45, 7) is 5.54. The minimum absolute atomic E-state index is 0.250. The maximum atomic E-state index is 8.60. The van der Waals surface area contributed by atoms with Crippen LogP contribution in [0, 0.1) is 0 Å². The summed E-state index contributed by atoms with van der Waals surface area (Å²) in [6.07, 6.45) is 1.54. The zero-order valence-corrected chi connectivity index (χ0v) is 5.02. The van der Waals surface area contributed by atoms with Gasteiger partial charge < -0.3 is 10.8 Å².